The highest BCUT2D eigenvalue weighted by Gasteiger charge is 2.16. The lowest BCUT2D eigenvalue weighted by Gasteiger charge is -2.07. The molecule has 1 aromatic carbocycles. The summed E-state index contributed by atoms with van der Waals surface area (Å²) in [7, 11) is 3.08. The molecule has 1 amide bonds. The van der Waals surface area contributed by atoms with E-state index in [1.807, 2.05) is 0 Å². The molecule has 0 saturated heterocycles. The highest BCUT2D eigenvalue weighted by Crippen LogP contribution is 2.29. The van der Waals surface area contributed by atoms with Crippen molar-refractivity contribution < 1.29 is 24.2 Å². The van der Waals surface area contributed by atoms with Crippen molar-refractivity contribution in [2.24, 2.45) is 0 Å². The first-order valence-electron chi connectivity index (χ1n) is 6.98. The summed E-state index contributed by atoms with van der Waals surface area (Å²) in [5.41, 5.74) is 1.79. The van der Waals surface area contributed by atoms with E-state index in [0.29, 0.717) is 22.7 Å². The molecule has 0 aliphatic heterocycles. The smallest absolute Gasteiger partial charge is 0.348 e. The Balaban J connectivity index is 2.14. The van der Waals surface area contributed by atoms with Gasteiger partial charge in [-0.25, -0.2) is 4.79 Å². The summed E-state index contributed by atoms with van der Waals surface area (Å²) in [6.07, 6.45) is 2.95. The number of carbonyl (C=O) groups excluding carboxylic acids is 1. The van der Waals surface area contributed by atoms with Gasteiger partial charge in [0.2, 0.25) is 5.91 Å². The number of thiophene rings is 1. The number of aryl methyl sites for hydroxylation is 1. The Morgan fingerprint density at radius 2 is 1.92 bits per heavy atom. The van der Waals surface area contributed by atoms with Gasteiger partial charge in [-0.15, -0.1) is 11.3 Å². The summed E-state index contributed by atoms with van der Waals surface area (Å²) in [6, 6.07) is 5.26. The molecular weight excluding hydrogens is 330 g/mol. The molecule has 0 bridgehead atoms. The van der Waals surface area contributed by atoms with Crippen molar-refractivity contribution in [2.75, 3.05) is 19.5 Å². The number of anilines is 1. The summed E-state index contributed by atoms with van der Waals surface area (Å²) in [5, 5.41) is 13.4. The standard InChI is InChI=1S/C17H17NO5S/c1-10-9-24-16(17(20)21)15(10)18-14(19)7-5-11-4-6-12(22-2)13(8-11)23-3/h4-9H,1-3H3,(H,18,19)(H,20,21). The van der Waals surface area contributed by atoms with Crippen LogP contribution in [0.5, 0.6) is 11.5 Å². The third kappa shape index (κ3) is 3.94. The van der Waals surface area contributed by atoms with E-state index in [9.17, 15) is 9.59 Å². The molecule has 0 saturated carbocycles. The topological polar surface area (TPSA) is 84.9 Å². The number of carboxylic acids is 1. The molecule has 2 N–H and O–H groups in total. The van der Waals surface area contributed by atoms with Crippen LogP contribution in [0.25, 0.3) is 6.08 Å². The van der Waals surface area contributed by atoms with Crippen LogP contribution in [0.1, 0.15) is 20.8 Å². The van der Waals surface area contributed by atoms with Crippen molar-refractivity contribution in [1.82, 2.24) is 0 Å². The van der Waals surface area contributed by atoms with Gasteiger partial charge in [0.15, 0.2) is 11.5 Å². The number of carbonyl (C=O) groups is 2. The van der Waals surface area contributed by atoms with Crippen LogP contribution in [0, 0.1) is 6.92 Å². The molecule has 0 atom stereocenters. The average Bonchev–Trinajstić information content (AvgIpc) is 2.93. The number of amides is 1. The Bertz CT molecular complexity index is 794. The molecule has 0 fully saturated rings. The summed E-state index contributed by atoms with van der Waals surface area (Å²) in [4.78, 5) is 23.3. The van der Waals surface area contributed by atoms with E-state index in [4.69, 9.17) is 14.6 Å². The van der Waals surface area contributed by atoms with Crippen molar-refractivity contribution in [1.29, 1.82) is 0 Å². The minimum atomic E-state index is -1.06. The van der Waals surface area contributed by atoms with Crippen LogP contribution in [0.2, 0.25) is 0 Å². The lowest BCUT2D eigenvalue weighted by atomic mass is 10.2. The first-order chi connectivity index (χ1) is 11.5. The Kier molecular flexibility index (Phi) is 5.59. The van der Waals surface area contributed by atoms with Gasteiger partial charge in [0.1, 0.15) is 4.88 Å². The quantitative estimate of drug-likeness (QED) is 0.782. The molecule has 2 rings (SSSR count). The van der Waals surface area contributed by atoms with Crippen LogP contribution in [0.4, 0.5) is 5.69 Å². The van der Waals surface area contributed by atoms with Crippen molar-refractivity contribution in [3.8, 4) is 11.5 Å². The van der Waals surface area contributed by atoms with Crippen LogP contribution < -0.4 is 14.8 Å². The number of rotatable bonds is 6. The second-order valence-corrected chi connectivity index (χ2v) is 5.74. The van der Waals surface area contributed by atoms with Crippen LogP contribution in [-0.2, 0) is 4.79 Å². The van der Waals surface area contributed by atoms with Gasteiger partial charge in [0.25, 0.3) is 0 Å². The molecule has 0 spiro atoms. The van der Waals surface area contributed by atoms with Crippen LogP contribution in [-0.4, -0.2) is 31.2 Å². The zero-order valence-corrected chi connectivity index (χ0v) is 14.3. The number of ether oxygens (including phenoxy) is 2. The molecule has 126 valence electrons. The summed E-state index contributed by atoms with van der Waals surface area (Å²) >= 11 is 1.08. The minimum absolute atomic E-state index is 0.111. The molecule has 24 heavy (non-hydrogen) atoms. The fourth-order valence-electron chi connectivity index (χ4n) is 2.05. The second kappa shape index (κ2) is 7.65. The zero-order valence-electron chi connectivity index (χ0n) is 13.5. The number of hydrogen-bond acceptors (Lipinski definition) is 5. The Hall–Kier alpha value is -2.80. The van der Waals surface area contributed by atoms with E-state index >= 15 is 0 Å². The normalized spacial score (nSPS) is 10.6. The molecule has 0 aliphatic rings. The lowest BCUT2D eigenvalue weighted by molar-refractivity contribution is -0.111. The predicted octanol–water partition coefficient (Wildman–Crippen LogP) is 3.42. The number of methoxy groups -OCH3 is 2. The van der Waals surface area contributed by atoms with Crippen LogP contribution >= 0.6 is 11.3 Å². The van der Waals surface area contributed by atoms with Crippen LogP contribution in [0.3, 0.4) is 0 Å². The van der Waals surface area contributed by atoms with E-state index in [-0.39, 0.29) is 4.88 Å². The van der Waals surface area contributed by atoms with Gasteiger partial charge in [-0.2, -0.15) is 0 Å². The Labute approximate surface area is 143 Å². The summed E-state index contributed by atoms with van der Waals surface area (Å²) in [6.45, 7) is 1.75. The third-order valence-corrected chi connectivity index (χ3v) is 4.34. The largest absolute Gasteiger partial charge is 0.493 e. The highest BCUT2D eigenvalue weighted by atomic mass is 32.1. The van der Waals surface area contributed by atoms with Crippen molar-refractivity contribution in [3.63, 3.8) is 0 Å². The fourth-order valence-corrected chi connectivity index (χ4v) is 2.89. The first kappa shape index (κ1) is 17.6. The maximum absolute atomic E-state index is 12.0. The van der Waals surface area contributed by atoms with Crippen molar-refractivity contribution in [2.45, 2.75) is 6.92 Å². The summed E-state index contributed by atoms with van der Waals surface area (Å²) in [5.74, 6) is -0.318. The SMILES string of the molecule is COc1ccc(C=CC(=O)Nc2c(C)csc2C(=O)O)cc1OC. The molecule has 0 radical (unpaired) electrons. The van der Waals surface area contributed by atoms with Gasteiger partial charge in [-0.05, 0) is 41.6 Å². The maximum Gasteiger partial charge on any atom is 0.348 e. The number of aromatic carboxylic acids is 1. The number of nitrogens with one attached hydrogen (secondary N) is 1. The van der Waals surface area contributed by atoms with Gasteiger partial charge in [0.05, 0.1) is 19.9 Å². The van der Waals surface area contributed by atoms with Crippen molar-refractivity contribution in [3.05, 3.63) is 45.7 Å². The van der Waals surface area contributed by atoms with Gasteiger partial charge < -0.3 is 19.9 Å². The highest BCUT2D eigenvalue weighted by molar-refractivity contribution is 7.12. The molecule has 0 unspecified atom stereocenters. The van der Waals surface area contributed by atoms with E-state index in [0.717, 1.165) is 16.9 Å². The zero-order chi connectivity index (χ0) is 17.7. The van der Waals surface area contributed by atoms with E-state index < -0.39 is 11.9 Å². The predicted molar refractivity (Wildman–Crippen MR) is 93.2 cm³/mol. The number of benzene rings is 1. The molecule has 6 nitrogen and oxygen atoms in total. The van der Waals surface area contributed by atoms with E-state index in [2.05, 4.69) is 5.32 Å². The monoisotopic (exact) mass is 347 g/mol. The van der Waals surface area contributed by atoms with Gasteiger partial charge in [-0.1, -0.05) is 6.07 Å². The molecular formula is C17H17NO5S. The lowest BCUT2D eigenvalue weighted by Crippen LogP contribution is -2.11. The Morgan fingerprint density at radius 3 is 2.54 bits per heavy atom. The molecule has 2 aromatic rings. The number of hydrogen-bond donors (Lipinski definition) is 2. The van der Waals surface area contributed by atoms with E-state index in [1.54, 1.807) is 43.7 Å². The number of carboxylic acid groups (broad SMARTS) is 1. The molecule has 7 heteroatoms. The second-order valence-electron chi connectivity index (χ2n) is 4.86. The first-order valence-corrected chi connectivity index (χ1v) is 7.86. The van der Waals surface area contributed by atoms with E-state index in [1.165, 1.54) is 13.2 Å². The maximum atomic E-state index is 12.0. The van der Waals surface area contributed by atoms with Gasteiger partial charge >= 0.3 is 5.97 Å². The summed E-state index contributed by atoms with van der Waals surface area (Å²) < 4.78 is 10.4. The molecule has 1 aromatic heterocycles. The van der Waals surface area contributed by atoms with Gasteiger partial charge in [-0.3, -0.25) is 4.79 Å². The molecule has 0 aliphatic carbocycles. The van der Waals surface area contributed by atoms with Crippen molar-refractivity contribution >= 4 is 35.0 Å². The minimum Gasteiger partial charge on any atom is -0.493 e. The molecule has 1 heterocycles. The van der Waals surface area contributed by atoms with Gasteiger partial charge in [0, 0.05) is 6.08 Å². The Morgan fingerprint density at radius 1 is 1.21 bits per heavy atom. The fraction of sp³-hybridized carbons (Fsp3) is 0.176. The third-order valence-electron chi connectivity index (χ3n) is 3.25. The average molecular weight is 347 g/mol. The van der Waals surface area contributed by atoms with Crippen LogP contribution in [0.15, 0.2) is 29.7 Å².